The monoisotopic (exact) mass is 450 g/mol. The zero-order valence-electron chi connectivity index (χ0n) is 20.4. The van der Waals surface area contributed by atoms with Crippen molar-refractivity contribution in [3.8, 4) is 11.4 Å². The molecular formula is C30H34N4. The van der Waals surface area contributed by atoms with Crippen LogP contribution in [-0.2, 0) is 0 Å². The quantitative estimate of drug-likeness (QED) is 0.289. The zero-order valence-corrected chi connectivity index (χ0v) is 20.4. The minimum absolute atomic E-state index is 0.116. The third-order valence-corrected chi connectivity index (χ3v) is 6.29. The Kier molecular flexibility index (Phi) is 7.84. The number of hydrogen-bond acceptors (Lipinski definition) is 4. The first-order valence-electron chi connectivity index (χ1n) is 12.1. The Labute approximate surface area is 203 Å². The molecule has 0 aliphatic heterocycles. The topological polar surface area (TPSA) is 49.8 Å². The summed E-state index contributed by atoms with van der Waals surface area (Å²) in [6, 6.07) is 34.1. The third kappa shape index (κ3) is 5.96. The van der Waals surface area contributed by atoms with Gasteiger partial charge in [-0.2, -0.15) is 0 Å². The van der Waals surface area contributed by atoms with Gasteiger partial charge in [-0.15, -0.1) is 0 Å². The molecule has 2 unspecified atom stereocenters. The molecule has 4 aromatic rings. The van der Waals surface area contributed by atoms with Gasteiger partial charge in [0.1, 0.15) is 0 Å². The molecule has 0 bridgehead atoms. The van der Waals surface area contributed by atoms with Crippen LogP contribution in [0.1, 0.15) is 74.4 Å². The van der Waals surface area contributed by atoms with E-state index in [1.807, 2.05) is 24.3 Å². The van der Waals surface area contributed by atoms with Crippen molar-refractivity contribution in [1.82, 2.24) is 20.6 Å². The van der Waals surface area contributed by atoms with Gasteiger partial charge in [-0.05, 0) is 63.1 Å². The van der Waals surface area contributed by atoms with E-state index in [9.17, 15) is 0 Å². The van der Waals surface area contributed by atoms with Crippen molar-refractivity contribution < 1.29 is 0 Å². The molecule has 2 heterocycles. The van der Waals surface area contributed by atoms with Crippen LogP contribution in [0.5, 0.6) is 0 Å². The van der Waals surface area contributed by atoms with E-state index in [4.69, 9.17) is 9.97 Å². The molecule has 0 radical (unpaired) electrons. The van der Waals surface area contributed by atoms with Crippen LogP contribution in [0.3, 0.4) is 0 Å². The Bertz CT molecular complexity index is 1080. The fourth-order valence-corrected chi connectivity index (χ4v) is 4.27. The van der Waals surface area contributed by atoms with Gasteiger partial charge in [0.15, 0.2) is 0 Å². The normalized spacial score (nSPS) is 14.8. The van der Waals surface area contributed by atoms with Crippen molar-refractivity contribution in [2.45, 2.75) is 51.9 Å². The van der Waals surface area contributed by atoms with E-state index in [0.717, 1.165) is 22.8 Å². The lowest BCUT2D eigenvalue weighted by Gasteiger charge is -2.21. The van der Waals surface area contributed by atoms with Crippen LogP contribution >= 0.6 is 0 Å². The highest BCUT2D eigenvalue weighted by Crippen LogP contribution is 2.23. The number of nitrogens with one attached hydrogen (secondary N) is 2. The lowest BCUT2D eigenvalue weighted by molar-refractivity contribution is 0.485. The fraction of sp³-hybridized carbons (Fsp3) is 0.267. The molecule has 4 rings (SSSR count). The Balaban J connectivity index is 1.47. The zero-order chi connectivity index (χ0) is 23.9. The van der Waals surface area contributed by atoms with Gasteiger partial charge >= 0.3 is 0 Å². The van der Waals surface area contributed by atoms with Crippen LogP contribution < -0.4 is 10.6 Å². The Hall–Kier alpha value is -3.34. The smallest absolute Gasteiger partial charge is 0.0890 e. The predicted molar refractivity (Wildman–Crippen MR) is 140 cm³/mol. The SMILES string of the molecule is CC(N[C@@H](C)c1ccccc1)c1cccc(-c2cccc(C(C)N[C@@H](C)c3ccccc3)n2)n1. The minimum atomic E-state index is 0.116. The van der Waals surface area contributed by atoms with Crippen molar-refractivity contribution in [3.05, 3.63) is 120 Å². The van der Waals surface area contributed by atoms with Gasteiger partial charge in [-0.1, -0.05) is 72.8 Å². The van der Waals surface area contributed by atoms with E-state index in [1.165, 1.54) is 11.1 Å². The number of nitrogens with zero attached hydrogens (tertiary/aromatic N) is 2. The highest BCUT2D eigenvalue weighted by atomic mass is 15.0. The Morgan fingerprint density at radius 1 is 0.441 bits per heavy atom. The summed E-state index contributed by atoms with van der Waals surface area (Å²) in [4.78, 5) is 9.91. The summed E-state index contributed by atoms with van der Waals surface area (Å²) in [5.74, 6) is 0. The molecule has 2 N–H and O–H groups in total. The molecule has 4 heteroatoms. The summed E-state index contributed by atoms with van der Waals surface area (Å²) in [7, 11) is 0. The molecule has 0 spiro atoms. The highest BCUT2D eigenvalue weighted by Gasteiger charge is 2.15. The number of aromatic nitrogens is 2. The van der Waals surface area contributed by atoms with Crippen LogP contribution in [0.25, 0.3) is 11.4 Å². The van der Waals surface area contributed by atoms with Crippen molar-refractivity contribution in [2.75, 3.05) is 0 Å². The number of hydrogen-bond donors (Lipinski definition) is 2. The summed E-state index contributed by atoms with van der Waals surface area (Å²) in [6.45, 7) is 8.69. The van der Waals surface area contributed by atoms with E-state index in [0.29, 0.717) is 0 Å². The van der Waals surface area contributed by atoms with Crippen molar-refractivity contribution in [3.63, 3.8) is 0 Å². The lowest BCUT2D eigenvalue weighted by atomic mass is 10.1. The second-order valence-electron chi connectivity index (χ2n) is 8.94. The summed E-state index contributed by atoms with van der Waals surface area (Å²) in [6.07, 6.45) is 0. The van der Waals surface area contributed by atoms with E-state index >= 15 is 0 Å². The van der Waals surface area contributed by atoms with Gasteiger partial charge in [0.05, 0.1) is 22.8 Å². The molecule has 2 aromatic carbocycles. The molecular weight excluding hydrogens is 416 g/mol. The van der Waals surface area contributed by atoms with Crippen LogP contribution in [-0.4, -0.2) is 9.97 Å². The predicted octanol–water partition coefficient (Wildman–Crippen LogP) is 6.97. The second-order valence-corrected chi connectivity index (χ2v) is 8.94. The molecule has 4 nitrogen and oxygen atoms in total. The maximum Gasteiger partial charge on any atom is 0.0890 e. The fourth-order valence-electron chi connectivity index (χ4n) is 4.27. The van der Waals surface area contributed by atoms with Crippen molar-refractivity contribution in [2.24, 2.45) is 0 Å². The van der Waals surface area contributed by atoms with Gasteiger partial charge in [-0.3, -0.25) is 0 Å². The van der Waals surface area contributed by atoms with Crippen LogP contribution in [0.2, 0.25) is 0 Å². The second kappa shape index (κ2) is 11.2. The average molecular weight is 451 g/mol. The van der Waals surface area contributed by atoms with Gasteiger partial charge in [0, 0.05) is 24.2 Å². The lowest BCUT2D eigenvalue weighted by Crippen LogP contribution is -2.23. The molecule has 0 saturated heterocycles. The summed E-state index contributed by atoms with van der Waals surface area (Å²) in [5, 5.41) is 7.33. The standard InChI is InChI=1S/C30H34N4/c1-21(25-13-7-5-8-14-25)31-23(3)27-17-11-19-29(33-27)30-20-12-18-28(34-30)24(4)32-22(2)26-15-9-6-10-16-26/h5-24,31-32H,1-4H3/t21-,22-,23?,24?/m0/s1. The summed E-state index contributed by atoms with van der Waals surface area (Å²) in [5.41, 5.74) is 6.34. The van der Waals surface area contributed by atoms with E-state index < -0.39 is 0 Å². The average Bonchev–Trinajstić information content (AvgIpc) is 2.89. The van der Waals surface area contributed by atoms with E-state index in [-0.39, 0.29) is 24.2 Å². The molecule has 174 valence electrons. The van der Waals surface area contributed by atoms with Gasteiger partial charge in [-0.25, -0.2) is 9.97 Å². The molecule has 0 aliphatic carbocycles. The maximum absolute atomic E-state index is 4.95. The van der Waals surface area contributed by atoms with Crippen molar-refractivity contribution in [1.29, 1.82) is 0 Å². The highest BCUT2D eigenvalue weighted by molar-refractivity contribution is 5.54. The molecule has 4 atom stereocenters. The Morgan fingerprint density at radius 3 is 1.21 bits per heavy atom. The van der Waals surface area contributed by atoms with E-state index in [1.54, 1.807) is 0 Å². The minimum Gasteiger partial charge on any atom is -0.302 e. The summed E-state index contributed by atoms with van der Waals surface area (Å²) < 4.78 is 0. The summed E-state index contributed by atoms with van der Waals surface area (Å²) >= 11 is 0. The van der Waals surface area contributed by atoms with Crippen LogP contribution in [0.4, 0.5) is 0 Å². The van der Waals surface area contributed by atoms with Gasteiger partial charge < -0.3 is 10.6 Å². The Morgan fingerprint density at radius 2 is 0.824 bits per heavy atom. The molecule has 0 saturated carbocycles. The molecule has 0 aliphatic rings. The molecule has 34 heavy (non-hydrogen) atoms. The van der Waals surface area contributed by atoms with Crippen LogP contribution in [0, 0.1) is 0 Å². The molecule has 2 aromatic heterocycles. The molecule has 0 amide bonds. The van der Waals surface area contributed by atoms with E-state index in [2.05, 4.69) is 111 Å². The van der Waals surface area contributed by atoms with Crippen molar-refractivity contribution >= 4 is 0 Å². The van der Waals surface area contributed by atoms with Gasteiger partial charge in [0.25, 0.3) is 0 Å². The largest absolute Gasteiger partial charge is 0.302 e. The first-order valence-corrected chi connectivity index (χ1v) is 12.1. The first-order chi connectivity index (χ1) is 16.5. The third-order valence-electron chi connectivity index (χ3n) is 6.29. The van der Waals surface area contributed by atoms with Crippen LogP contribution in [0.15, 0.2) is 97.1 Å². The number of pyridine rings is 2. The maximum atomic E-state index is 4.95. The first kappa shape index (κ1) is 23.8. The molecule has 0 fully saturated rings. The number of benzene rings is 2. The number of rotatable bonds is 9. The van der Waals surface area contributed by atoms with Gasteiger partial charge in [0.2, 0.25) is 0 Å².